The standard InChI is InChI=1S/C26H34FN5O4S/c1-26(34)10-7-19(8-11-26)32(18-3-4-18)24(33)22-9-12-28-25(29-22)31-15-13-30(14-16-31)23-6-5-20(17-21(23)27)37(2,35)36/h5-6,9,12,17-19,34H,3-4,7-8,10-11,13-16H2,1-2H3. The third-order valence-electron chi connectivity index (χ3n) is 7.71. The number of benzene rings is 1. The molecule has 200 valence electrons. The van der Waals surface area contributed by atoms with Gasteiger partial charge in [-0.2, -0.15) is 0 Å². The highest BCUT2D eigenvalue weighted by atomic mass is 32.2. The highest BCUT2D eigenvalue weighted by molar-refractivity contribution is 7.90. The maximum absolute atomic E-state index is 14.7. The van der Waals surface area contributed by atoms with E-state index in [1.807, 2.05) is 21.6 Å². The predicted molar refractivity (Wildman–Crippen MR) is 138 cm³/mol. The van der Waals surface area contributed by atoms with Gasteiger partial charge in [0.2, 0.25) is 5.95 Å². The van der Waals surface area contributed by atoms with Gasteiger partial charge < -0.3 is 19.8 Å². The van der Waals surface area contributed by atoms with Crippen molar-refractivity contribution in [2.24, 2.45) is 0 Å². The van der Waals surface area contributed by atoms with Gasteiger partial charge in [0.25, 0.3) is 5.91 Å². The van der Waals surface area contributed by atoms with E-state index < -0.39 is 21.3 Å². The molecule has 2 aliphatic carbocycles. The molecule has 2 heterocycles. The molecule has 2 aromatic rings. The Morgan fingerprint density at radius 1 is 1.05 bits per heavy atom. The molecule has 0 spiro atoms. The van der Waals surface area contributed by atoms with Gasteiger partial charge in [-0.05, 0) is 69.7 Å². The first-order chi connectivity index (χ1) is 17.5. The lowest BCUT2D eigenvalue weighted by Crippen LogP contribution is -2.48. The van der Waals surface area contributed by atoms with Gasteiger partial charge >= 0.3 is 0 Å². The summed E-state index contributed by atoms with van der Waals surface area (Å²) in [5.74, 6) is -0.172. The smallest absolute Gasteiger partial charge is 0.273 e. The van der Waals surface area contributed by atoms with Crippen LogP contribution in [0.2, 0.25) is 0 Å². The summed E-state index contributed by atoms with van der Waals surface area (Å²) >= 11 is 0. The Hall–Kier alpha value is -2.79. The van der Waals surface area contributed by atoms with E-state index in [2.05, 4.69) is 9.97 Å². The lowest BCUT2D eigenvalue weighted by atomic mass is 9.83. The lowest BCUT2D eigenvalue weighted by molar-refractivity contribution is -0.00507. The van der Waals surface area contributed by atoms with Gasteiger partial charge in [-0.1, -0.05) is 0 Å². The highest BCUT2D eigenvalue weighted by Crippen LogP contribution is 2.37. The summed E-state index contributed by atoms with van der Waals surface area (Å²) in [6.45, 7) is 3.95. The van der Waals surface area contributed by atoms with E-state index in [1.165, 1.54) is 12.1 Å². The maximum atomic E-state index is 14.7. The summed E-state index contributed by atoms with van der Waals surface area (Å²) in [5, 5.41) is 10.3. The van der Waals surface area contributed by atoms with Crippen molar-refractivity contribution in [2.45, 2.75) is 68.0 Å². The molecule has 1 N–H and O–H groups in total. The predicted octanol–water partition coefficient (Wildman–Crippen LogP) is 2.64. The molecule has 0 atom stereocenters. The van der Waals surface area contributed by atoms with Crippen LogP contribution in [0.15, 0.2) is 35.4 Å². The number of rotatable bonds is 6. The molecule has 1 aromatic heterocycles. The second-order valence-electron chi connectivity index (χ2n) is 10.8. The lowest BCUT2D eigenvalue weighted by Gasteiger charge is -2.39. The van der Waals surface area contributed by atoms with Crippen molar-refractivity contribution in [3.8, 4) is 0 Å². The van der Waals surface area contributed by atoms with Crippen molar-refractivity contribution in [3.63, 3.8) is 0 Å². The number of carbonyl (C=O) groups is 1. The minimum atomic E-state index is -3.47. The second-order valence-corrected chi connectivity index (χ2v) is 12.8. The monoisotopic (exact) mass is 531 g/mol. The second kappa shape index (κ2) is 9.83. The molecular weight excluding hydrogens is 497 g/mol. The van der Waals surface area contributed by atoms with Gasteiger partial charge in [-0.15, -0.1) is 0 Å². The molecule has 1 aromatic carbocycles. The molecule has 1 aliphatic heterocycles. The summed E-state index contributed by atoms with van der Waals surface area (Å²) in [6.07, 6.45) is 7.62. The molecule has 37 heavy (non-hydrogen) atoms. The number of anilines is 2. The molecule has 11 heteroatoms. The van der Waals surface area contributed by atoms with E-state index in [0.717, 1.165) is 38.0 Å². The molecule has 1 saturated heterocycles. The Bertz CT molecular complexity index is 1270. The maximum Gasteiger partial charge on any atom is 0.273 e. The van der Waals surface area contributed by atoms with Crippen LogP contribution in [0.4, 0.5) is 16.0 Å². The van der Waals surface area contributed by atoms with Gasteiger partial charge in [0.15, 0.2) is 9.84 Å². The van der Waals surface area contributed by atoms with Gasteiger partial charge in [-0.25, -0.2) is 22.8 Å². The number of carbonyl (C=O) groups excluding carboxylic acids is 1. The van der Waals surface area contributed by atoms with E-state index >= 15 is 0 Å². The van der Waals surface area contributed by atoms with Crippen LogP contribution >= 0.6 is 0 Å². The minimum absolute atomic E-state index is 0.0406. The zero-order chi connectivity index (χ0) is 26.4. The summed E-state index contributed by atoms with van der Waals surface area (Å²) in [5.41, 5.74) is 0.0833. The number of halogens is 1. The molecular formula is C26H34FN5O4S. The molecule has 0 radical (unpaired) electrons. The van der Waals surface area contributed by atoms with Crippen LogP contribution in [0.3, 0.4) is 0 Å². The number of piperazine rings is 1. The Labute approximate surface area is 217 Å². The molecule has 0 bridgehead atoms. The first kappa shape index (κ1) is 25.8. The minimum Gasteiger partial charge on any atom is -0.390 e. The molecule has 3 fully saturated rings. The first-order valence-corrected chi connectivity index (χ1v) is 14.8. The van der Waals surface area contributed by atoms with Crippen LogP contribution in [0.5, 0.6) is 0 Å². The molecule has 3 aliphatic rings. The van der Waals surface area contributed by atoms with E-state index in [4.69, 9.17) is 0 Å². The van der Waals surface area contributed by atoms with E-state index in [1.54, 1.807) is 12.3 Å². The molecule has 9 nitrogen and oxygen atoms in total. The largest absolute Gasteiger partial charge is 0.390 e. The fourth-order valence-electron chi connectivity index (χ4n) is 5.36. The van der Waals surface area contributed by atoms with E-state index in [9.17, 15) is 22.7 Å². The number of sulfone groups is 1. The van der Waals surface area contributed by atoms with Crippen molar-refractivity contribution < 1.29 is 22.7 Å². The third-order valence-corrected chi connectivity index (χ3v) is 8.82. The number of nitrogens with zero attached hydrogens (tertiary/aromatic N) is 5. The quantitative estimate of drug-likeness (QED) is 0.606. The molecule has 0 unspecified atom stereocenters. The zero-order valence-electron chi connectivity index (χ0n) is 21.3. The fraction of sp³-hybridized carbons (Fsp3) is 0.577. The summed E-state index contributed by atoms with van der Waals surface area (Å²) in [4.78, 5) is 28.4. The van der Waals surface area contributed by atoms with Crippen molar-refractivity contribution in [1.82, 2.24) is 14.9 Å². The summed E-state index contributed by atoms with van der Waals surface area (Å²) < 4.78 is 38.1. The number of aliphatic hydroxyl groups is 1. The van der Waals surface area contributed by atoms with Crippen molar-refractivity contribution in [2.75, 3.05) is 42.2 Å². The molecule has 2 saturated carbocycles. The molecule has 5 rings (SSSR count). The van der Waals surface area contributed by atoms with Crippen LogP contribution in [0.1, 0.15) is 55.9 Å². The van der Waals surface area contributed by atoms with Crippen LogP contribution in [0.25, 0.3) is 0 Å². The Balaban J connectivity index is 1.26. The Morgan fingerprint density at radius 2 is 1.68 bits per heavy atom. The SMILES string of the molecule is CC1(O)CCC(N(C(=O)c2ccnc(N3CCN(c4ccc(S(C)(=O)=O)cc4F)CC3)n2)C2CC2)CC1. The highest BCUT2D eigenvalue weighted by Gasteiger charge is 2.41. The van der Waals surface area contributed by atoms with Crippen LogP contribution in [-0.2, 0) is 9.84 Å². The Morgan fingerprint density at radius 3 is 2.27 bits per heavy atom. The average molecular weight is 532 g/mol. The van der Waals surface area contributed by atoms with Crippen LogP contribution < -0.4 is 9.80 Å². The number of aromatic nitrogens is 2. The van der Waals surface area contributed by atoms with Crippen molar-refractivity contribution >= 4 is 27.4 Å². The van der Waals surface area contributed by atoms with Crippen LogP contribution in [0, 0.1) is 5.82 Å². The van der Waals surface area contributed by atoms with Crippen LogP contribution in [-0.4, -0.2) is 84.4 Å². The van der Waals surface area contributed by atoms with Crippen molar-refractivity contribution in [3.05, 3.63) is 42.0 Å². The summed E-state index contributed by atoms with van der Waals surface area (Å²) in [7, 11) is -3.47. The zero-order valence-corrected chi connectivity index (χ0v) is 22.1. The number of amides is 1. The van der Waals surface area contributed by atoms with Gasteiger partial charge in [0.05, 0.1) is 16.2 Å². The summed E-state index contributed by atoms with van der Waals surface area (Å²) in [6, 6.07) is 6.02. The van der Waals surface area contributed by atoms with Gasteiger partial charge in [0, 0.05) is 50.7 Å². The topological polar surface area (TPSA) is 107 Å². The number of hydrogen-bond acceptors (Lipinski definition) is 8. The normalized spacial score (nSPS) is 24.7. The van der Waals surface area contributed by atoms with Gasteiger partial charge in [-0.3, -0.25) is 4.79 Å². The number of hydrogen-bond donors (Lipinski definition) is 1. The Kier molecular flexibility index (Phi) is 6.86. The average Bonchev–Trinajstić information content (AvgIpc) is 3.70. The third kappa shape index (κ3) is 5.72. The first-order valence-electron chi connectivity index (χ1n) is 12.9. The fourth-order valence-corrected chi connectivity index (χ4v) is 5.99. The van der Waals surface area contributed by atoms with E-state index in [0.29, 0.717) is 56.4 Å². The van der Waals surface area contributed by atoms with Crippen molar-refractivity contribution in [1.29, 1.82) is 0 Å². The van der Waals surface area contributed by atoms with Gasteiger partial charge in [0.1, 0.15) is 11.5 Å². The molecule has 1 amide bonds. The van der Waals surface area contributed by atoms with E-state index in [-0.39, 0.29) is 22.9 Å².